The number of hydrogen-bond donors (Lipinski definition) is 1. The summed E-state index contributed by atoms with van der Waals surface area (Å²) in [6.45, 7) is 4.21. The molecule has 2 N–H and O–H groups in total. The second kappa shape index (κ2) is 6.01. The molecule has 0 amide bonds. The Bertz CT molecular complexity index is 440. The van der Waals surface area contributed by atoms with E-state index in [2.05, 4.69) is 6.92 Å². The Balaban J connectivity index is 2.08. The summed E-state index contributed by atoms with van der Waals surface area (Å²) < 4.78 is 33.5. The molecule has 2 aliphatic rings. The van der Waals surface area contributed by atoms with Crippen LogP contribution in [0.4, 0.5) is 0 Å². The van der Waals surface area contributed by atoms with E-state index in [0.717, 1.165) is 12.8 Å². The minimum Gasteiger partial charge on any atom is -0.391 e. The summed E-state index contributed by atoms with van der Waals surface area (Å²) in [4.78, 5) is 0.215. The number of thiocarbonyl (C=S) groups is 1. The molecular formula is C11H21N3O3S2. The summed E-state index contributed by atoms with van der Waals surface area (Å²) >= 11 is 4.88. The standard InChI is InChI=1S/C11H21N3O3S2/c1-9-3-2-4-13(7-9)19(15,16)14-5-6-17-10(8-14)11(12)18/h9-10H,2-8H2,1H3,(H2,12,18). The highest BCUT2D eigenvalue weighted by atomic mass is 32.2. The first-order valence-corrected chi connectivity index (χ1v) is 8.38. The molecule has 2 heterocycles. The lowest BCUT2D eigenvalue weighted by Crippen LogP contribution is -2.55. The number of hydrogen-bond acceptors (Lipinski definition) is 4. The molecule has 0 radical (unpaired) electrons. The van der Waals surface area contributed by atoms with Crippen molar-refractivity contribution in [3.05, 3.63) is 0 Å². The van der Waals surface area contributed by atoms with E-state index in [0.29, 0.717) is 32.2 Å². The zero-order valence-electron chi connectivity index (χ0n) is 11.1. The number of rotatable bonds is 3. The lowest BCUT2D eigenvalue weighted by Gasteiger charge is -2.37. The fraction of sp³-hybridized carbons (Fsp3) is 0.909. The molecule has 0 aromatic heterocycles. The first-order valence-electron chi connectivity index (χ1n) is 6.57. The van der Waals surface area contributed by atoms with Gasteiger partial charge in [0.2, 0.25) is 0 Å². The van der Waals surface area contributed by atoms with E-state index in [4.69, 9.17) is 22.7 Å². The molecule has 6 nitrogen and oxygen atoms in total. The summed E-state index contributed by atoms with van der Waals surface area (Å²) in [5.74, 6) is 0.413. The Labute approximate surface area is 120 Å². The quantitative estimate of drug-likeness (QED) is 0.740. The van der Waals surface area contributed by atoms with Gasteiger partial charge >= 0.3 is 0 Å². The van der Waals surface area contributed by atoms with Gasteiger partial charge in [0.25, 0.3) is 10.2 Å². The van der Waals surface area contributed by atoms with Crippen molar-refractivity contribution < 1.29 is 13.2 Å². The van der Waals surface area contributed by atoms with E-state index >= 15 is 0 Å². The second-order valence-electron chi connectivity index (χ2n) is 5.23. The molecule has 0 aromatic carbocycles. The van der Waals surface area contributed by atoms with Crippen LogP contribution in [0.25, 0.3) is 0 Å². The summed E-state index contributed by atoms with van der Waals surface area (Å²) in [6.07, 6.45) is 1.54. The van der Waals surface area contributed by atoms with Crippen molar-refractivity contribution in [1.29, 1.82) is 0 Å². The van der Waals surface area contributed by atoms with E-state index in [1.807, 2.05) is 0 Å². The topological polar surface area (TPSA) is 75.9 Å². The Morgan fingerprint density at radius 1 is 1.32 bits per heavy atom. The maximum absolute atomic E-state index is 12.6. The van der Waals surface area contributed by atoms with Crippen molar-refractivity contribution in [2.75, 3.05) is 32.8 Å². The number of nitrogens with two attached hydrogens (primary N) is 1. The minimum atomic E-state index is -3.41. The molecular weight excluding hydrogens is 286 g/mol. The maximum atomic E-state index is 12.6. The molecule has 0 saturated carbocycles. The highest BCUT2D eigenvalue weighted by Crippen LogP contribution is 2.22. The maximum Gasteiger partial charge on any atom is 0.282 e. The van der Waals surface area contributed by atoms with Crippen LogP contribution in [0.5, 0.6) is 0 Å². The monoisotopic (exact) mass is 307 g/mol. The van der Waals surface area contributed by atoms with Crippen LogP contribution in [0.3, 0.4) is 0 Å². The van der Waals surface area contributed by atoms with E-state index in [1.54, 1.807) is 4.31 Å². The Hall–Kier alpha value is -0.280. The van der Waals surface area contributed by atoms with Gasteiger partial charge in [0.05, 0.1) is 6.61 Å². The van der Waals surface area contributed by atoms with Gasteiger partial charge in [-0.2, -0.15) is 17.0 Å². The largest absolute Gasteiger partial charge is 0.391 e. The summed E-state index contributed by atoms with van der Waals surface area (Å²) in [7, 11) is -3.41. The van der Waals surface area contributed by atoms with Crippen molar-refractivity contribution in [1.82, 2.24) is 8.61 Å². The average molecular weight is 307 g/mol. The second-order valence-corrected chi connectivity index (χ2v) is 7.63. The zero-order chi connectivity index (χ0) is 14.0. The van der Waals surface area contributed by atoms with Crippen LogP contribution in [-0.2, 0) is 14.9 Å². The van der Waals surface area contributed by atoms with Crippen LogP contribution in [0, 0.1) is 5.92 Å². The first kappa shape index (κ1) is 15.1. The van der Waals surface area contributed by atoms with Crippen molar-refractivity contribution in [2.45, 2.75) is 25.9 Å². The van der Waals surface area contributed by atoms with E-state index in [1.165, 1.54) is 4.31 Å². The van der Waals surface area contributed by atoms with Crippen molar-refractivity contribution in [3.63, 3.8) is 0 Å². The smallest absolute Gasteiger partial charge is 0.282 e. The normalized spacial score (nSPS) is 31.2. The molecule has 2 unspecified atom stereocenters. The minimum absolute atomic E-state index is 0.215. The Kier molecular flexibility index (Phi) is 4.78. The molecule has 2 rings (SSSR count). The van der Waals surface area contributed by atoms with Gasteiger partial charge in [0.1, 0.15) is 11.1 Å². The first-order chi connectivity index (χ1) is 8.91. The van der Waals surface area contributed by atoms with Crippen LogP contribution >= 0.6 is 12.2 Å². The fourth-order valence-electron chi connectivity index (χ4n) is 2.53. The van der Waals surface area contributed by atoms with Crippen LogP contribution in [0.15, 0.2) is 0 Å². The van der Waals surface area contributed by atoms with Gasteiger partial charge in [0.15, 0.2) is 0 Å². The molecule has 2 saturated heterocycles. The molecule has 19 heavy (non-hydrogen) atoms. The number of piperidine rings is 1. The molecule has 0 aromatic rings. The molecule has 0 aliphatic carbocycles. The third-order valence-corrected chi connectivity index (χ3v) is 5.85. The number of ether oxygens (including phenoxy) is 1. The summed E-state index contributed by atoms with van der Waals surface area (Å²) in [6, 6.07) is 0. The average Bonchev–Trinajstić information content (AvgIpc) is 2.39. The van der Waals surface area contributed by atoms with Gasteiger partial charge in [-0.25, -0.2) is 0 Å². The molecule has 8 heteroatoms. The lowest BCUT2D eigenvalue weighted by atomic mass is 10.0. The van der Waals surface area contributed by atoms with Crippen LogP contribution < -0.4 is 5.73 Å². The van der Waals surface area contributed by atoms with Crippen LogP contribution in [0.2, 0.25) is 0 Å². The summed E-state index contributed by atoms with van der Waals surface area (Å²) in [5, 5.41) is 0. The molecule has 2 fully saturated rings. The van der Waals surface area contributed by atoms with Crippen molar-refractivity contribution >= 4 is 27.4 Å². The number of nitrogens with zero attached hydrogens (tertiary/aromatic N) is 2. The van der Waals surface area contributed by atoms with Crippen LogP contribution in [0.1, 0.15) is 19.8 Å². The van der Waals surface area contributed by atoms with Gasteiger partial charge < -0.3 is 10.5 Å². The summed E-state index contributed by atoms with van der Waals surface area (Å²) in [5.41, 5.74) is 5.54. The van der Waals surface area contributed by atoms with Crippen LogP contribution in [-0.4, -0.2) is 60.9 Å². The third-order valence-electron chi connectivity index (χ3n) is 3.62. The molecule has 0 spiro atoms. The van der Waals surface area contributed by atoms with E-state index in [9.17, 15) is 8.42 Å². The van der Waals surface area contributed by atoms with Crippen molar-refractivity contribution in [3.8, 4) is 0 Å². The highest BCUT2D eigenvalue weighted by molar-refractivity contribution is 7.86. The van der Waals surface area contributed by atoms with Gasteiger partial charge in [-0.15, -0.1) is 0 Å². The van der Waals surface area contributed by atoms with Gasteiger partial charge in [-0.1, -0.05) is 19.1 Å². The SMILES string of the molecule is CC1CCCN(S(=O)(=O)N2CCOC(C(N)=S)C2)C1. The van der Waals surface area contributed by atoms with E-state index < -0.39 is 16.3 Å². The fourth-order valence-corrected chi connectivity index (χ4v) is 4.43. The van der Waals surface area contributed by atoms with Gasteiger partial charge in [0, 0.05) is 26.2 Å². The number of morpholine rings is 1. The molecule has 0 bridgehead atoms. The van der Waals surface area contributed by atoms with Gasteiger partial charge in [-0.3, -0.25) is 0 Å². The highest BCUT2D eigenvalue weighted by Gasteiger charge is 2.36. The predicted octanol–water partition coefficient (Wildman–Crippen LogP) is -0.0500. The zero-order valence-corrected chi connectivity index (χ0v) is 12.8. The molecule has 110 valence electrons. The Morgan fingerprint density at radius 3 is 2.63 bits per heavy atom. The van der Waals surface area contributed by atoms with Gasteiger partial charge in [-0.05, 0) is 18.8 Å². The predicted molar refractivity (Wildman–Crippen MR) is 77.0 cm³/mol. The van der Waals surface area contributed by atoms with E-state index in [-0.39, 0.29) is 11.5 Å². The third kappa shape index (κ3) is 3.43. The lowest BCUT2D eigenvalue weighted by molar-refractivity contribution is 0.0357. The van der Waals surface area contributed by atoms with Crippen molar-refractivity contribution in [2.24, 2.45) is 11.7 Å². The molecule has 2 aliphatic heterocycles. The molecule has 2 atom stereocenters. The Morgan fingerprint density at radius 2 is 2.00 bits per heavy atom.